The fraction of sp³-hybridized carbons (Fsp3) is 0.600. The van der Waals surface area contributed by atoms with Crippen LogP contribution < -0.4 is 0 Å². The highest BCUT2D eigenvalue weighted by molar-refractivity contribution is 6.08. The van der Waals surface area contributed by atoms with Crippen molar-refractivity contribution in [2.75, 3.05) is 35.3 Å². The van der Waals surface area contributed by atoms with E-state index in [-0.39, 0.29) is 11.3 Å². The monoisotopic (exact) mass is 235 g/mol. The van der Waals surface area contributed by atoms with Crippen LogP contribution in [-0.2, 0) is 9.53 Å². The Morgan fingerprint density at radius 3 is 2.12 bits per heavy atom. The van der Waals surface area contributed by atoms with E-state index >= 15 is 0 Å². The summed E-state index contributed by atoms with van der Waals surface area (Å²) < 4.78 is 31.6. The molecule has 0 N–H and O–H groups in total. The van der Waals surface area contributed by atoms with Gasteiger partial charge in [0.2, 0.25) is 0 Å². The van der Waals surface area contributed by atoms with Crippen LogP contribution in [0, 0.1) is 0 Å². The Balaban J connectivity index is 5.65. The molecule has 0 saturated heterocycles. The van der Waals surface area contributed by atoms with Crippen LogP contribution in [0.2, 0.25) is 0 Å². The number of alkyl halides is 2. The van der Waals surface area contributed by atoms with Crippen LogP contribution in [0.15, 0.2) is 11.3 Å². The molecule has 0 radical (unpaired) electrons. The van der Waals surface area contributed by atoms with Gasteiger partial charge in [0.1, 0.15) is 25.4 Å². The molecule has 6 heteroatoms. The van der Waals surface area contributed by atoms with Crippen molar-refractivity contribution in [2.45, 2.75) is 6.43 Å². The zero-order valence-corrected chi connectivity index (χ0v) is 10.1. The number of ether oxygens (including phenoxy) is 1. The molecule has 0 aliphatic rings. The van der Waals surface area contributed by atoms with Gasteiger partial charge in [-0.15, -0.1) is 0 Å². The van der Waals surface area contributed by atoms with Gasteiger partial charge >= 0.3 is 5.97 Å². The molecule has 0 aromatic carbocycles. The molecule has 0 spiro atoms. The standard InChI is InChI=1S/C10H17F2N2O2/c1-13(2)6-7(10(15)16-5)8(9(11)12)14(3)4/h6,9H,1-5H3/q+1. The Morgan fingerprint density at radius 2 is 1.88 bits per heavy atom. The third kappa shape index (κ3) is 3.96. The van der Waals surface area contributed by atoms with Gasteiger partial charge < -0.3 is 9.64 Å². The first-order valence-corrected chi connectivity index (χ1v) is 4.60. The van der Waals surface area contributed by atoms with Crippen molar-refractivity contribution in [1.82, 2.24) is 4.90 Å². The third-order valence-electron chi connectivity index (χ3n) is 1.76. The number of carbonyl (C=O) groups excluding carboxylic acids is 1. The minimum absolute atomic E-state index is 0.146. The summed E-state index contributed by atoms with van der Waals surface area (Å²) in [5, 5.41) is 0. The predicted octanol–water partition coefficient (Wildman–Crippen LogP) is 0.583. The van der Waals surface area contributed by atoms with Crippen molar-refractivity contribution in [3.63, 3.8) is 0 Å². The molecule has 0 saturated carbocycles. The number of methoxy groups -OCH3 is 1. The van der Waals surface area contributed by atoms with Crippen molar-refractivity contribution in [3.8, 4) is 0 Å². The van der Waals surface area contributed by atoms with Crippen molar-refractivity contribution in [2.24, 2.45) is 0 Å². The van der Waals surface area contributed by atoms with Crippen molar-refractivity contribution < 1.29 is 22.9 Å². The van der Waals surface area contributed by atoms with Crippen LogP contribution in [0.25, 0.3) is 0 Å². The number of rotatable bonds is 4. The summed E-state index contributed by atoms with van der Waals surface area (Å²) in [6.45, 7) is 0. The van der Waals surface area contributed by atoms with E-state index in [1.807, 2.05) is 0 Å². The van der Waals surface area contributed by atoms with E-state index in [0.29, 0.717) is 0 Å². The van der Waals surface area contributed by atoms with E-state index in [2.05, 4.69) is 4.74 Å². The van der Waals surface area contributed by atoms with E-state index in [9.17, 15) is 13.6 Å². The van der Waals surface area contributed by atoms with Gasteiger partial charge in [-0.2, -0.15) is 0 Å². The Kier molecular flexibility index (Phi) is 5.63. The first kappa shape index (κ1) is 14.5. The van der Waals surface area contributed by atoms with Crippen molar-refractivity contribution in [3.05, 3.63) is 11.3 Å². The first-order valence-electron chi connectivity index (χ1n) is 4.60. The second kappa shape index (κ2) is 6.19. The number of carbonyl (C=O) groups is 1. The van der Waals surface area contributed by atoms with Gasteiger partial charge in [0.15, 0.2) is 6.21 Å². The summed E-state index contributed by atoms with van der Waals surface area (Å²) in [6.07, 6.45) is -1.42. The van der Waals surface area contributed by atoms with Crippen LogP contribution in [0.5, 0.6) is 0 Å². The number of halogens is 2. The van der Waals surface area contributed by atoms with Crippen molar-refractivity contribution >= 4 is 12.2 Å². The van der Waals surface area contributed by atoms with Gasteiger partial charge in [-0.3, -0.25) is 0 Å². The second-order valence-corrected chi connectivity index (χ2v) is 3.58. The summed E-state index contributed by atoms with van der Waals surface area (Å²) in [4.78, 5) is 12.6. The van der Waals surface area contributed by atoms with Gasteiger partial charge in [0.05, 0.1) is 7.11 Å². The van der Waals surface area contributed by atoms with Crippen LogP contribution in [0.1, 0.15) is 0 Å². The molecule has 0 heterocycles. The average molecular weight is 235 g/mol. The Hall–Kier alpha value is -1.46. The molecule has 0 unspecified atom stereocenters. The molecule has 0 aliphatic heterocycles. The second-order valence-electron chi connectivity index (χ2n) is 3.58. The van der Waals surface area contributed by atoms with Crippen LogP contribution in [0.3, 0.4) is 0 Å². The van der Waals surface area contributed by atoms with Crippen LogP contribution in [0.4, 0.5) is 8.78 Å². The summed E-state index contributed by atoms with van der Waals surface area (Å²) in [7, 11) is 7.34. The highest BCUT2D eigenvalue weighted by Crippen LogP contribution is 2.16. The average Bonchev–Trinajstić information content (AvgIpc) is 2.13. The number of allylic oxidation sites excluding steroid dienone is 1. The SMILES string of the molecule is COC(=O)C(C=[N+](C)C)=C(C(F)F)N(C)C. The number of nitrogens with zero attached hydrogens (tertiary/aromatic N) is 2. The minimum atomic E-state index is -2.74. The lowest BCUT2D eigenvalue weighted by Gasteiger charge is -2.17. The highest BCUT2D eigenvalue weighted by atomic mass is 19.3. The molecule has 0 atom stereocenters. The van der Waals surface area contributed by atoms with Gasteiger partial charge in [-0.05, 0) is 0 Å². The topological polar surface area (TPSA) is 32.6 Å². The summed E-state index contributed by atoms with van der Waals surface area (Å²) in [5.41, 5.74) is -0.506. The summed E-state index contributed by atoms with van der Waals surface area (Å²) >= 11 is 0. The molecule has 92 valence electrons. The molecule has 0 aromatic heterocycles. The van der Waals surface area contributed by atoms with Gasteiger partial charge in [0, 0.05) is 14.1 Å². The molecular formula is C10H17F2N2O2+. The largest absolute Gasteiger partial charge is 0.465 e. The highest BCUT2D eigenvalue weighted by Gasteiger charge is 2.25. The Bertz CT molecular complexity index is 309. The molecule has 0 rings (SSSR count). The summed E-state index contributed by atoms with van der Waals surface area (Å²) in [5.74, 6) is -0.780. The maximum Gasteiger partial charge on any atom is 0.345 e. The van der Waals surface area contributed by atoms with Crippen LogP contribution >= 0.6 is 0 Å². The zero-order chi connectivity index (χ0) is 12.9. The molecule has 0 aliphatic carbocycles. The number of hydrogen-bond acceptors (Lipinski definition) is 3. The lowest BCUT2D eigenvalue weighted by Crippen LogP contribution is -2.25. The van der Waals surface area contributed by atoms with E-state index < -0.39 is 12.4 Å². The number of hydrogen-bond donors (Lipinski definition) is 0. The quantitative estimate of drug-likeness (QED) is 0.309. The molecule has 0 fully saturated rings. The lowest BCUT2D eigenvalue weighted by atomic mass is 10.2. The maximum absolute atomic E-state index is 12.8. The van der Waals surface area contributed by atoms with Gasteiger partial charge in [-0.1, -0.05) is 0 Å². The smallest absolute Gasteiger partial charge is 0.345 e. The molecule has 16 heavy (non-hydrogen) atoms. The third-order valence-corrected chi connectivity index (χ3v) is 1.76. The van der Waals surface area contributed by atoms with E-state index in [0.717, 1.165) is 7.11 Å². The van der Waals surface area contributed by atoms with E-state index in [4.69, 9.17) is 0 Å². The molecule has 0 aromatic rings. The Morgan fingerprint density at radius 1 is 1.38 bits per heavy atom. The molecule has 0 amide bonds. The lowest BCUT2D eigenvalue weighted by molar-refractivity contribution is -0.458. The maximum atomic E-state index is 12.8. The molecular weight excluding hydrogens is 218 g/mol. The Labute approximate surface area is 93.8 Å². The fourth-order valence-corrected chi connectivity index (χ4v) is 1.15. The normalized spacial score (nSPS) is 12.0. The van der Waals surface area contributed by atoms with Gasteiger partial charge in [-0.25, -0.2) is 18.2 Å². The first-order chi connectivity index (χ1) is 7.31. The fourth-order valence-electron chi connectivity index (χ4n) is 1.15. The zero-order valence-electron chi connectivity index (χ0n) is 10.1. The number of esters is 1. The van der Waals surface area contributed by atoms with Gasteiger partial charge in [0.25, 0.3) is 6.43 Å². The van der Waals surface area contributed by atoms with Crippen LogP contribution in [-0.4, -0.2) is 63.4 Å². The summed E-state index contributed by atoms with van der Waals surface area (Å²) in [6, 6.07) is 0. The van der Waals surface area contributed by atoms with E-state index in [1.165, 1.54) is 29.8 Å². The molecule has 0 bridgehead atoms. The van der Waals surface area contributed by atoms with Crippen molar-refractivity contribution in [1.29, 1.82) is 0 Å². The van der Waals surface area contributed by atoms with E-state index in [1.54, 1.807) is 14.1 Å². The predicted molar refractivity (Wildman–Crippen MR) is 56.9 cm³/mol. The minimum Gasteiger partial charge on any atom is -0.465 e. The molecule has 4 nitrogen and oxygen atoms in total.